The molecule has 0 radical (unpaired) electrons. The van der Waals surface area contributed by atoms with Crippen LogP contribution >= 0.6 is 0 Å². The summed E-state index contributed by atoms with van der Waals surface area (Å²) in [5, 5.41) is 21.1. The maximum absolute atomic E-state index is 11.8. The fourth-order valence-electron chi connectivity index (χ4n) is 9.47. The lowest BCUT2D eigenvalue weighted by Crippen LogP contribution is -2.17. The Bertz CT molecular complexity index is 3560. The first-order valence-electron chi connectivity index (χ1n) is 22.0. The molecule has 66 heavy (non-hydrogen) atoms. The number of hydrogen-bond acceptors (Lipinski definition) is 8. The van der Waals surface area contributed by atoms with Gasteiger partial charge in [0.1, 0.15) is 0 Å². The van der Waals surface area contributed by atoms with E-state index in [0.717, 1.165) is 86.7 Å². The number of aromatic nitrogens is 8. The van der Waals surface area contributed by atoms with Gasteiger partial charge in [0, 0.05) is 69.9 Å². The number of nitrogens with zero attached hydrogens (tertiary/aromatic N) is 8. The number of fused-ring (bicyclic) bond motifs is 4. The topological polar surface area (TPSA) is 161 Å². The van der Waals surface area contributed by atoms with Gasteiger partial charge in [-0.25, -0.2) is 29.5 Å². The highest BCUT2D eigenvalue weighted by Crippen LogP contribution is 2.55. The third-order valence-corrected chi connectivity index (χ3v) is 13.4. The van der Waals surface area contributed by atoms with Crippen LogP contribution in [0.5, 0.6) is 0 Å². The zero-order chi connectivity index (χ0) is 45.4. The number of carboxylic acids is 2. The van der Waals surface area contributed by atoms with Gasteiger partial charge in [0.2, 0.25) is 11.6 Å². The summed E-state index contributed by atoms with van der Waals surface area (Å²) in [6, 6.07) is 33.5. The first kappa shape index (κ1) is 40.6. The summed E-state index contributed by atoms with van der Waals surface area (Å²) in [7, 11) is 0. The highest BCUT2D eigenvalue weighted by molar-refractivity contribution is 5.91. The van der Waals surface area contributed by atoms with Crippen LogP contribution in [0.2, 0.25) is 0 Å². The molecule has 2 aliphatic carbocycles. The molecule has 6 heterocycles. The Morgan fingerprint density at radius 1 is 0.530 bits per heavy atom. The van der Waals surface area contributed by atoms with Crippen molar-refractivity contribution in [2.75, 3.05) is 0 Å². The quantitative estimate of drug-likeness (QED) is 0.150. The minimum atomic E-state index is -0.932. The van der Waals surface area contributed by atoms with Crippen LogP contribution in [0.4, 0.5) is 0 Å². The number of imidazole rings is 2. The second-order valence-corrected chi connectivity index (χ2v) is 18.5. The first-order chi connectivity index (χ1) is 31.9. The van der Waals surface area contributed by atoms with Gasteiger partial charge in [-0.05, 0) is 120 Å². The normalized spacial score (nSPS) is 14.8. The minimum absolute atomic E-state index is 0.0725. The van der Waals surface area contributed by atoms with Crippen LogP contribution in [0.3, 0.4) is 0 Å². The number of carbonyl (C=O) groups is 2. The molecule has 0 saturated heterocycles. The lowest BCUT2D eigenvalue weighted by Gasteiger charge is -2.22. The molecule has 0 unspecified atom stereocenters. The Labute approximate surface area is 379 Å². The number of aromatic carboxylic acids is 2. The number of hydrogen-bond donors (Lipinski definition) is 2. The molecule has 0 bridgehead atoms. The zero-order valence-corrected chi connectivity index (χ0v) is 36.6. The monoisotopic (exact) mass is 868 g/mol. The molecular weight excluding hydrogens is 825 g/mol. The van der Waals surface area contributed by atoms with Crippen molar-refractivity contribution in [3.05, 3.63) is 192 Å². The standard InChI is InChI=1S/C29H26N4O2.C25H18N4O2/c1-28(2,3)23-14-18(6-8-22(23)26(34)35)20-15-31-27-32-16-25(33(27)17-20)29(10-11-29)21-7-9-24-19(13-21)5-4-12-30-24;30-23(31)17-5-3-16(4-6-17)19-13-27-24-28-14-22(29(24)15-19)25(9-10-25)20-7-8-21-18(12-20)2-1-11-26-21/h4-9,12-17H,10-11H2,1-3H3,(H,34,35);1-8,11-15H,9-10H2,(H,30,31). The summed E-state index contributed by atoms with van der Waals surface area (Å²) in [6.07, 6.45) is 19.5. The molecule has 324 valence electrons. The molecule has 2 N–H and O–H groups in total. The summed E-state index contributed by atoms with van der Waals surface area (Å²) < 4.78 is 4.17. The molecule has 0 spiro atoms. The highest BCUT2D eigenvalue weighted by Gasteiger charge is 2.49. The maximum Gasteiger partial charge on any atom is 0.335 e. The smallest absolute Gasteiger partial charge is 0.335 e. The average molecular weight is 869 g/mol. The Morgan fingerprint density at radius 3 is 1.48 bits per heavy atom. The van der Waals surface area contributed by atoms with Crippen LogP contribution in [-0.4, -0.2) is 60.9 Å². The van der Waals surface area contributed by atoms with Crippen molar-refractivity contribution in [2.45, 2.75) is 62.7 Å². The van der Waals surface area contributed by atoms with Crippen molar-refractivity contribution in [1.82, 2.24) is 38.7 Å². The van der Waals surface area contributed by atoms with Gasteiger partial charge >= 0.3 is 11.9 Å². The highest BCUT2D eigenvalue weighted by atomic mass is 16.4. The van der Waals surface area contributed by atoms with Gasteiger partial charge in [0.05, 0.1) is 45.9 Å². The molecule has 6 aromatic heterocycles. The van der Waals surface area contributed by atoms with E-state index in [0.29, 0.717) is 17.1 Å². The van der Waals surface area contributed by atoms with Gasteiger partial charge in [-0.1, -0.05) is 63.2 Å². The Balaban J connectivity index is 0.000000147. The number of carboxylic acid groups (broad SMARTS) is 2. The second-order valence-electron chi connectivity index (χ2n) is 18.5. The summed E-state index contributed by atoms with van der Waals surface area (Å²) in [6.45, 7) is 6.09. The van der Waals surface area contributed by atoms with E-state index in [1.807, 2.05) is 94.4 Å². The summed E-state index contributed by atoms with van der Waals surface area (Å²) in [5.41, 5.74) is 11.4. The molecule has 12 heteroatoms. The second kappa shape index (κ2) is 15.3. The number of rotatable bonds is 8. The predicted octanol–water partition coefficient (Wildman–Crippen LogP) is 10.7. The molecule has 0 aliphatic heterocycles. The molecule has 12 rings (SSSR count). The van der Waals surface area contributed by atoms with Gasteiger partial charge in [0.15, 0.2) is 0 Å². The molecule has 10 aromatic rings. The molecule has 12 nitrogen and oxygen atoms in total. The van der Waals surface area contributed by atoms with E-state index in [2.05, 4.69) is 93.4 Å². The van der Waals surface area contributed by atoms with Crippen LogP contribution in [-0.2, 0) is 16.2 Å². The molecular formula is C54H44N8O4. The lowest BCUT2D eigenvalue weighted by molar-refractivity contribution is 0.0684. The van der Waals surface area contributed by atoms with Crippen LogP contribution in [0.1, 0.15) is 95.2 Å². The Hall–Kier alpha value is -8.12. The van der Waals surface area contributed by atoms with Crippen molar-refractivity contribution in [1.29, 1.82) is 0 Å². The molecule has 0 amide bonds. The van der Waals surface area contributed by atoms with Crippen LogP contribution < -0.4 is 0 Å². The van der Waals surface area contributed by atoms with Crippen molar-refractivity contribution >= 4 is 45.3 Å². The molecule has 4 aromatic carbocycles. The third kappa shape index (κ3) is 7.02. The summed E-state index contributed by atoms with van der Waals surface area (Å²) in [4.78, 5) is 50.2. The Morgan fingerprint density at radius 2 is 1.02 bits per heavy atom. The largest absolute Gasteiger partial charge is 0.478 e. The SMILES string of the molecule is CC(C)(C)c1cc(-c2cnc3ncc(C4(c5ccc6ncccc6c5)CC4)n3c2)ccc1C(=O)O.O=C(O)c1ccc(-c2cnc3ncc(C4(c5ccc6ncccc6c5)CC4)n3c2)cc1. The summed E-state index contributed by atoms with van der Waals surface area (Å²) >= 11 is 0. The van der Waals surface area contributed by atoms with Gasteiger partial charge in [-0.2, -0.15) is 0 Å². The van der Waals surface area contributed by atoms with Crippen LogP contribution in [0, 0.1) is 0 Å². The van der Waals surface area contributed by atoms with Crippen molar-refractivity contribution in [3.8, 4) is 22.3 Å². The van der Waals surface area contributed by atoms with E-state index >= 15 is 0 Å². The van der Waals surface area contributed by atoms with Crippen molar-refractivity contribution in [2.24, 2.45) is 0 Å². The van der Waals surface area contributed by atoms with Crippen molar-refractivity contribution in [3.63, 3.8) is 0 Å². The molecule has 2 fully saturated rings. The number of pyridine rings is 2. The molecule has 0 atom stereocenters. The molecule has 2 saturated carbocycles. The predicted molar refractivity (Wildman–Crippen MR) is 253 cm³/mol. The summed E-state index contributed by atoms with van der Waals surface area (Å²) in [5.74, 6) is -0.517. The number of benzene rings is 4. The van der Waals surface area contributed by atoms with Gasteiger partial charge in [-0.15, -0.1) is 0 Å². The van der Waals surface area contributed by atoms with E-state index in [1.54, 1.807) is 24.4 Å². The molecule has 2 aliphatic rings. The van der Waals surface area contributed by atoms with E-state index in [1.165, 1.54) is 11.1 Å². The lowest BCUT2D eigenvalue weighted by atomic mass is 9.82. The zero-order valence-electron chi connectivity index (χ0n) is 36.6. The van der Waals surface area contributed by atoms with Gasteiger partial charge in [0.25, 0.3) is 0 Å². The Kier molecular flexibility index (Phi) is 9.40. The fourth-order valence-corrected chi connectivity index (χ4v) is 9.47. The van der Waals surface area contributed by atoms with Gasteiger partial charge in [-0.3, -0.25) is 18.8 Å². The van der Waals surface area contributed by atoms with E-state index in [9.17, 15) is 14.7 Å². The van der Waals surface area contributed by atoms with Crippen molar-refractivity contribution < 1.29 is 19.8 Å². The average Bonchev–Trinajstić information content (AvgIpc) is 4.24. The first-order valence-corrected chi connectivity index (χ1v) is 22.0. The van der Waals surface area contributed by atoms with Crippen LogP contribution in [0.25, 0.3) is 55.6 Å². The van der Waals surface area contributed by atoms with E-state index in [-0.39, 0.29) is 21.8 Å². The fraction of sp³-hybridized carbons (Fsp3) is 0.185. The van der Waals surface area contributed by atoms with Gasteiger partial charge < -0.3 is 10.2 Å². The minimum Gasteiger partial charge on any atom is -0.478 e. The third-order valence-electron chi connectivity index (χ3n) is 13.4. The van der Waals surface area contributed by atoms with E-state index in [4.69, 9.17) is 5.11 Å². The van der Waals surface area contributed by atoms with Crippen LogP contribution in [0.15, 0.2) is 153 Å². The van der Waals surface area contributed by atoms with E-state index < -0.39 is 11.9 Å². The maximum atomic E-state index is 11.8.